The Morgan fingerprint density at radius 1 is 1.11 bits per heavy atom. The molecular formula is C20H20N4OS2. The van der Waals surface area contributed by atoms with Crippen molar-refractivity contribution in [1.29, 1.82) is 0 Å². The fourth-order valence-corrected chi connectivity index (χ4v) is 4.93. The van der Waals surface area contributed by atoms with Crippen LogP contribution in [-0.4, -0.2) is 32.7 Å². The number of nitrogens with zero attached hydrogens (tertiary/aromatic N) is 3. The van der Waals surface area contributed by atoms with Gasteiger partial charge in [-0.15, -0.1) is 11.3 Å². The molecule has 0 bridgehead atoms. The predicted molar refractivity (Wildman–Crippen MR) is 112 cm³/mol. The minimum Gasteiger partial charge on any atom is -0.355 e. The largest absolute Gasteiger partial charge is 0.355 e. The molecule has 0 aliphatic carbocycles. The van der Waals surface area contributed by atoms with Crippen LogP contribution in [0.3, 0.4) is 0 Å². The van der Waals surface area contributed by atoms with E-state index in [0.717, 1.165) is 44.4 Å². The smallest absolute Gasteiger partial charge is 0.230 e. The highest BCUT2D eigenvalue weighted by atomic mass is 32.2. The number of imidazole rings is 1. The summed E-state index contributed by atoms with van der Waals surface area (Å²) in [5, 5.41) is 3.00. The monoisotopic (exact) mass is 396 g/mol. The van der Waals surface area contributed by atoms with Gasteiger partial charge in [0.1, 0.15) is 5.82 Å². The Morgan fingerprint density at radius 2 is 1.89 bits per heavy atom. The van der Waals surface area contributed by atoms with Gasteiger partial charge in [0.2, 0.25) is 5.91 Å². The van der Waals surface area contributed by atoms with E-state index in [2.05, 4.69) is 32.0 Å². The molecule has 2 heterocycles. The average Bonchev–Trinajstić information content (AvgIpc) is 3.23. The van der Waals surface area contributed by atoms with E-state index >= 15 is 0 Å². The van der Waals surface area contributed by atoms with Crippen molar-refractivity contribution in [3.63, 3.8) is 0 Å². The third kappa shape index (κ3) is 4.14. The maximum Gasteiger partial charge on any atom is 0.230 e. The molecule has 0 spiro atoms. The summed E-state index contributed by atoms with van der Waals surface area (Å²) in [7, 11) is 0. The highest BCUT2D eigenvalue weighted by molar-refractivity contribution is 8.01. The van der Waals surface area contributed by atoms with E-state index < -0.39 is 0 Å². The second kappa shape index (κ2) is 8.10. The van der Waals surface area contributed by atoms with Crippen molar-refractivity contribution in [2.45, 2.75) is 24.2 Å². The molecule has 4 aromatic rings. The van der Waals surface area contributed by atoms with Crippen LogP contribution in [0.4, 0.5) is 0 Å². The molecule has 0 atom stereocenters. The number of aromatic nitrogens is 3. The molecule has 0 aliphatic rings. The van der Waals surface area contributed by atoms with E-state index in [0.29, 0.717) is 12.3 Å². The maximum absolute atomic E-state index is 12.1. The topological polar surface area (TPSA) is 59.8 Å². The van der Waals surface area contributed by atoms with Crippen LogP contribution >= 0.6 is 23.1 Å². The SMILES string of the molecule is Cc1nc2ccccc2n1CCCNC(=O)CSc1nc2ccccc2s1. The van der Waals surface area contributed by atoms with Crippen molar-refractivity contribution in [2.75, 3.05) is 12.3 Å². The van der Waals surface area contributed by atoms with Gasteiger partial charge >= 0.3 is 0 Å². The number of benzene rings is 2. The number of carbonyl (C=O) groups is 1. The molecule has 0 unspecified atom stereocenters. The molecule has 0 saturated carbocycles. The molecule has 0 fully saturated rings. The van der Waals surface area contributed by atoms with Gasteiger partial charge in [-0.25, -0.2) is 9.97 Å². The fourth-order valence-electron chi connectivity index (χ4n) is 3.03. The van der Waals surface area contributed by atoms with Gasteiger partial charge in [0.05, 0.1) is 27.0 Å². The van der Waals surface area contributed by atoms with Crippen molar-refractivity contribution in [2.24, 2.45) is 0 Å². The summed E-state index contributed by atoms with van der Waals surface area (Å²) in [5.41, 5.74) is 3.16. The van der Waals surface area contributed by atoms with Crippen molar-refractivity contribution >= 4 is 50.3 Å². The molecule has 5 nitrogen and oxygen atoms in total. The van der Waals surface area contributed by atoms with Gasteiger partial charge in [-0.05, 0) is 37.6 Å². The van der Waals surface area contributed by atoms with E-state index in [9.17, 15) is 4.79 Å². The van der Waals surface area contributed by atoms with Gasteiger partial charge in [-0.2, -0.15) is 0 Å². The van der Waals surface area contributed by atoms with E-state index in [1.54, 1.807) is 11.3 Å². The number of nitrogens with one attached hydrogen (secondary N) is 1. The Balaban J connectivity index is 1.24. The number of hydrogen-bond donors (Lipinski definition) is 1. The molecule has 27 heavy (non-hydrogen) atoms. The van der Waals surface area contributed by atoms with Gasteiger partial charge in [-0.3, -0.25) is 4.79 Å². The zero-order valence-corrected chi connectivity index (χ0v) is 16.6. The Labute approximate surface area is 165 Å². The highest BCUT2D eigenvalue weighted by Gasteiger charge is 2.08. The van der Waals surface area contributed by atoms with E-state index in [-0.39, 0.29) is 5.91 Å². The van der Waals surface area contributed by atoms with Crippen LogP contribution in [0.1, 0.15) is 12.2 Å². The minimum atomic E-state index is 0.0477. The van der Waals surface area contributed by atoms with Crippen molar-refractivity contribution in [3.05, 3.63) is 54.4 Å². The number of rotatable bonds is 7. The summed E-state index contributed by atoms with van der Waals surface area (Å²) in [6.45, 7) is 3.52. The zero-order valence-electron chi connectivity index (χ0n) is 15.0. The summed E-state index contributed by atoms with van der Waals surface area (Å²) in [6.07, 6.45) is 0.874. The molecule has 7 heteroatoms. The standard InChI is InChI=1S/C20H20N4OS2/c1-14-22-15-7-2-4-9-17(15)24(14)12-6-11-21-19(25)13-26-20-23-16-8-3-5-10-18(16)27-20/h2-5,7-10H,6,11-13H2,1H3,(H,21,25). The molecule has 0 saturated heterocycles. The van der Waals surface area contributed by atoms with Crippen molar-refractivity contribution < 1.29 is 4.79 Å². The van der Waals surface area contributed by atoms with Crippen LogP contribution in [0.2, 0.25) is 0 Å². The van der Waals surface area contributed by atoms with Gasteiger partial charge in [-0.1, -0.05) is 36.0 Å². The summed E-state index contributed by atoms with van der Waals surface area (Å²) >= 11 is 3.12. The van der Waals surface area contributed by atoms with Crippen molar-refractivity contribution in [1.82, 2.24) is 19.9 Å². The van der Waals surface area contributed by atoms with Gasteiger partial charge < -0.3 is 9.88 Å². The van der Waals surface area contributed by atoms with E-state index in [1.807, 2.05) is 43.3 Å². The number of fused-ring (bicyclic) bond motifs is 2. The normalized spacial score (nSPS) is 11.3. The number of carbonyl (C=O) groups excluding carboxylic acids is 1. The first-order chi connectivity index (χ1) is 13.2. The number of thioether (sulfide) groups is 1. The number of hydrogen-bond acceptors (Lipinski definition) is 5. The van der Waals surface area contributed by atoms with Gasteiger partial charge in [0, 0.05) is 13.1 Å². The number of para-hydroxylation sites is 3. The lowest BCUT2D eigenvalue weighted by atomic mass is 10.3. The molecule has 0 radical (unpaired) electrons. The number of aryl methyl sites for hydroxylation is 2. The summed E-state index contributed by atoms with van der Waals surface area (Å²) in [5.74, 6) is 1.45. The lowest BCUT2D eigenvalue weighted by Crippen LogP contribution is -2.26. The first-order valence-electron chi connectivity index (χ1n) is 8.87. The summed E-state index contributed by atoms with van der Waals surface area (Å²) in [4.78, 5) is 21.2. The van der Waals surface area contributed by atoms with Crippen LogP contribution in [0, 0.1) is 6.92 Å². The third-order valence-corrected chi connectivity index (χ3v) is 6.51. The van der Waals surface area contributed by atoms with Crippen LogP contribution < -0.4 is 5.32 Å². The first-order valence-corrected chi connectivity index (χ1v) is 10.7. The average molecular weight is 397 g/mol. The molecular weight excluding hydrogens is 376 g/mol. The van der Waals surface area contributed by atoms with E-state index in [4.69, 9.17) is 0 Å². The Morgan fingerprint density at radius 3 is 2.74 bits per heavy atom. The first kappa shape index (κ1) is 18.0. The summed E-state index contributed by atoms with van der Waals surface area (Å²) < 4.78 is 4.30. The molecule has 138 valence electrons. The van der Waals surface area contributed by atoms with Crippen molar-refractivity contribution in [3.8, 4) is 0 Å². The lowest BCUT2D eigenvalue weighted by molar-refractivity contribution is -0.118. The fraction of sp³-hybridized carbons (Fsp3) is 0.250. The van der Waals surface area contributed by atoms with Crippen LogP contribution in [-0.2, 0) is 11.3 Å². The third-order valence-electron chi connectivity index (χ3n) is 4.33. The van der Waals surface area contributed by atoms with Crippen LogP contribution in [0.15, 0.2) is 52.9 Å². The van der Waals surface area contributed by atoms with Crippen LogP contribution in [0.25, 0.3) is 21.3 Å². The molecule has 1 amide bonds. The number of amides is 1. The molecule has 1 N–H and O–H groups in total. The molecule has 4 rings (SSSR count). The van der Waals surface area contributed by atoms with Gasteiger partial charge in [0.25, 0.3) is 0 Å². The molecule has 0 aliphatic heterocycles. The second-order valence-corrected chi connectivity index (χ2v) is 8.49. The quantitative estimate of drug-likeness (QED) is 0.375. The Bertz CT molecular complexity index is 1050. The van der Waals surface area contributed by atoms with Crippen LogP contribution in [0.5, 0.6) is 0 Å². The molecule has 2 aromatic heterocycles. The second-order valence-electron chi connectivity index (χ2n) is 6.24. The number of thiazole rings is 1. The summed E-state index contributed by atoms with van der Waals surface area (Å²) in [6, 6.07) is 16.2. The van der Waals surface area contributed by atoms with E-state index in [1.165, 1.54) is 11.8 Å². The Hall–Kier alpha value is -2.38. The molecule has 2 aromatic carbocycles. The minimum absolute atomic E-state index is 0.0477. The highest BCUT2D eigenvalue weighted by Crippen LogP contribution is 2.29. The lowest BCUT2D eigenvalue weighted by Gasteiger charge is -2.08. The maximum atomic E-state index is 12.1. The Kier molecular flexibility index (Phi) is 5.40. The zero-order chi connectivity index (χ0) is 18.6. The predicted octanol–water partition coefficient (Wildman–Crippen LogP) is 4.25. The van der Waals surface area contributed by atoms with Gasteiger partial charge in [0.15, 0.2) is 4.34 Å².